The first-order valence-corrected chi connectivity index (χ1v) is 7.97. The molecule has 6 heteroatoms. The molecule has 0 bridgehead atoms. The molecule has 1 atom stereocenters. The molecule has 124 valence electrons. The van der Waals surface area contributed by atoms with Gasteiger partial charge in [-0.25, -0.2) is 4.68 Å². The van der Waals surface area contributed by atoms with Crippen molar-refractivity contribution in [3.05, 3.63) is 36.0 Å². The van der Waals surface area contributed by atoms with E-state index in [1.807, 2.05) is 29.1 Å². The van der Waals surface area contributed by atoms with Crippen molar-refractivity contribution < 1.29 is 9.47 Å². The van der Waals surface area contributed by atoms with Gasteiger partial charge in [-0.1, -0.05) is 6.07 Å². The van der Waals surface area contributed by atoms with Crippen molar-refractivity contribution in [2.24, 2.45) is 5.92 Å². The van der Waals surface area contributed by atoms with E-state index in [9.17, 15) is 0 Å². The van der Waals surface area contributed by atoms with Crippen LogP contribution in [-0.2, 0) is 13.0 Å². The molecule has 2 heterocycles. The molecule has 0 saturated heterocycles. The molecule has 23 heavy (non-hydrogen) atoms. The van der Waals surface area contributed by atoms with Crippen molar-refractivity contribution in [1.29, 1.82) is 0 Å². The first-order valence-electron chi connectivity index (χ1n) is 7.97. The van der Waals surface area contributed by atoms with Gasteiger partial charge in [0.1, 0.15) is 5.82 Å². The van der Waals surface area contributed by atoms with Crippen molar-refractivity contribution >= 4 is 5.82 Å². The van der Waals surface area contributed by atoms with Crippen LogP contribution in [0, 0.1) is 5.92 Å². The second-order valence-electron chi connectivity index (χ2n) is 5.79. The Balaban J connectivity index is 1.43. The third-order valence-electron chi connectivity index (χ3n) is 4.19. The number of aromatic nitrogens is 2. The van der Waals surface area contributed by atoms with Gasteiger partial charge in [0.15, 0.2) is 11.5 Å². The largest absolute Gasteiger partial charge is 0.493 e. The van der Waals surface area contributed by atoms with Gasteiger partial charge in [-0.05, 0) is 30.7 Å². The number of nitrogens with zero attached hydrogens (tertiary/aromatic N) is 2. The highest BCUT2D eigenvalue weighted by Gasteiger charge is 2.17. The molecule has 2 N–H and O–H groups in total. The van der Waals surface area contributed by atoms with Gasteiger partial charge in [-0.2, -0.15) is 5.10 Å². The molecule has 0 amide bonds. The minimum absolute atomic E-state index is 0.563. The first kappa shape index (κ1) is 15.7. The molecule has 1 aliphatic rings. The third kappa shape index (κ3) is 3.76. The van der Waals surface area contributed by atoms with Gasteiger partial charge in [0.05, 0.1) is 20.4 Å². The Hall–Kier alpha value is -2.21. The standard InChI is InChI=1S/C17H24N4O2/c1-22-15-4-3-13(9-16(15)23-2)5-7-18-10-14-11-19-17-6-8-20-21(17)12-14/h3-4,6,8-9,14,18-19H,5,7,10-12H2,1-2H3/t14-/m1/s1. The van der Waals surface area contributed by atoms with E-state index in [-0.39, 0.29) is 0 Å². The van der Waals surface area contributed by atoms with Crippen LogP contribution >= 0.6 is 0 Å². The van der Waals surface area contributed by atoms with Crippen LogP contribution in [0.2, 0.25) is 0 Å². The van der Waals surface area contributed by atoms with Crippen molar-refractivity contribution in [3.63, 3.8) is 0 Å². The Labute approximate surface area is 136 Å². The fraction of sp³-hybridized carbons (Fsp3) is 0.471. The topological polar surface area (TPSA) is 60.3 Å². The number of rotatable bonds is 7. The van der Waals surface area contributed by atoms with Gasteiger partial charge >= 0.3 is 0 Å². The lowest BCUT2D eigenvalue weighted by atomic mass is 10.1. The summed E-state index contributed by atoms with van der Waals surface area (Å²) in [6.07, 6.45) is 2.81. The maximum Gasteiger partial charge on any atom is 0.160 e. The van der Waals surface area contributed by atoms with Crippen molar-refractivity contribution in [3.8, 4) is 11.5 Å². The van der Waals surface area contributed by atoms with Crippen LogP contribution in [0.4, 0.5) is 5.82 Å². The Bertz CT molecular complexity index is 641. The van der Waals surface area contributed by atoms with E-state index in [0.717, 1.165) is 49.9 Å². The van der Waals surface area contributed by atoms with E-state index in [4.69, 9.17) is 9.47 Å². The smallest absolute Gasteiger partial charge is 0.160 e. The molecule has 0 fully saturated rings. The molecule has 0 radical (unpaired) electrons. The first-order chi connectivity index (χ1) is 11.3. The van der Waals surface area contributed by atoms with Gasteiger partial charge in [0, 0.05) is 31.6 Å². The fourth-order valence-electron chi connectivity index (χ4n) is 2.90. The molecule has 1 aromatic carbocycles. The quantitative estimate of drug-likeness (QED) is 0.763. The Morgan fingerprint density at radius 2 is 2.13 bits per heavy atom. The zero-order valence-corrected chi connectivity index (χ0v) is 13.7. The van der Waals surface area contributed by atoms with Crippen molar-refractivity contribution in [1.82, 2.24) is 15.1 Å². The summed E-state index contributed by atoms with van der Waals surface area (Å²) in [5, 5.41) is 11.3. The number of anilines is 1. The van der Waals surface area contributed by atoms with Gasteiger partial charge in [0.25, 0.3) is 0 Å². The lowest BCUT2D eigenvalue weighted by Crippen LogP contribution is -2.36. The van der Waals surface area contributed by atoms with E-state index < -0.39 is 0 Å². The average molecular weight is 316 g/mol. The Morgan fingerprint density at radius 3 is 2.96 bits per heavy atom. The Morgan fingerprint density at radius 1 is 1.26 bits per heavy atom. The predicted octanol–water partition coefficient (Wildman–Crippen LogP) is 1.77. The van der Waals surface area contributed by atoms with Crippen molar-refractivity contribution in [2.75, 3.05) is 39.2 Å². The second kappa shape index (κ2) is 7.37. The molecule has 2 aromatic rings. The summed E-state index contributed by atoms with van der Waals surface area (Å²) in [5.41, 5.74) is 1.24. The number of hydrogen-bond acceptors (Lipinski definition) is 5. The molecule has 1 aromatic heterocycles. The van der Waals surface area contributed by atoms with Gasteiger partial charge < -0.3 is 20.1 Å². The number of ether oxygens (including phenoxy) is 2. The van der Waals surface area contributed by atoms with Gasteiger partial charge in [-0.15, -0.1) is 0 Å². The van der Waals surface area contributed by atoms with Crippen LogP contribution in [0.3, 0.4) is 0 Å². The summed E-state index contributed by atoms with van der Waals surface area (Å²) in [6.45, 7) is 3.89. The summed E-state index contributed by atoms with van der Waals surface area (Å²) in [6, 6.07) is 8.10. The lowest BCUT2D eigenvalue weighted by molar-refractivity contribution is 0.354. The second-order valence-corrected chi connectivity index (χ2v) is 5.79. The van der Waals surface area contributed by atoms with E-state index in [1.54, 1.807) is 14.2 Å². The van der Waals surface area contributed by atoms with E-state index in [1.165, 1.54) is 5.56 Å². The van der Waals surface area contributed by atoms with Crippen LogP contribution in [0.25, 0.3) is 0 Å². The molecule has 0 unspecified atom stereocenters. The maximum atomic E-state index is 5.34. The number of benzene rings is 1. The van der Waals surface area contributed by atoms with Crippen LogP contribution in [-0.4, -0.2) is 43.6 Å². The highest BCUT2D eigenvalue weighted by atomic mass is 16.5. The van der Waals surface area contributed by atoms with Crippen LogP contribution in [0.15, 0.2) is 30.5 Å². The van der Waals surface area contributed by atoms with Crippen LogP contribution < -0.4 is 20.1 Å². The molecule has 1 aliphatic heterocycles. The van der Waals surface area contributed by atoms with Gasteiger partial charge in [-0.3, -0.25) is 0 Å². The zero-order valence-electron chi connectivity index (χ0n) is 13.7. The monoisotopic (exact) mass is 316 g/mol. The zero-order chi connectivity index (χ0) is 16.1. The maximum absolute atomic E-state index is 5.34. The summed E-state index contributed by atoms with van der Waals surface area (Å²) >= 11 is 0. The molecule has 0 saturated carbocycles. The van der Waals surface area contributed by atoms with Crippen LogP contribution in [0.1, 0.15) is 5.56 Å². The molecule has 6 nitrogen and oxygen atoms in total. The third-order valence-corrected chi connectivity index (χ3v) is 4.19. The molecular formula is C17H24N4O2. The molecule has 0 aliphatic carbocycles. The summed E-state index contributed by atoms with van der Waals surface area (Å²) in [5.74, 6) is 3.24. The highest BCUT2D eigenvalue weighted by molar-refractivity contribution is 5.43. The molecule has 0 spiro atoms. The Kier molecular flexibility index (Phi) is 5.02. The number of hydrogen-bond donors (Lipinski definition) is 2. The van der Waals surface area contributed by atoms with Crippen LogP contribution in [0.5, 0.6) is 11.5 Å². The molecule has 3 rings (SSSR count). The SMILES string of the molecule is COc1ccc(CCNC[C@@H]2CNc3ccnn3C2)cc1OC. The van der Waals surface area contributed by atoms with Gasteiger partial charge in [0.2, 0.25) is 0 Å². The highest BCUT2D eigenvalue weighted by Crippen LogP contribution is 2.27. The normalized spacial score (nSPS) is 16.5. The summed E-state index contributed by atoms with van der Waals surface area (Å²) < 4.78 is 12.6. The van der Waals surface area contributed by atoms with E-state index >= 15 is 0 Å². The number of methoxy groups -OCH3 is 2. The summed E-state index contributed by atoms with van der Waals surface area (Å²) in [7, 11) is 3.32. The van der Waals surface area contributed by atoms with E-state index in [2.05, 4.69) is 21.8 Å². The predicted molar refractivity (Wildman–Crippen MR) is 90.3 cm³/mol. The average Bonchev–Trinajstić information content (AvgIpc) is 3.06. The van der Waals surface area contributed by atoms with Crippen molar-refractivity contribution in [2.45, 2.75) is 13.0 Å². The van der Waals surface area contributed by atoms with E-state index in [0.29, 0.717) is 5.92 Å². The molecular weight excluding hydrogens is 292 g/mol. The number of nitrogens with one attached hydrogen (secondary N) is 2. The summed E-state index contributed by atoms with van der Waals surface area (Å²) in [4.78, 5) is 0. The minimum atomic E-state index is 0.563. The number of fused-ring (bicyclic) bond motifs is 1. The minimum Gasteiger partial charge on any atom is -0.493 e. The lowest BCUT2D eigenvalue weighted by Gasteiger charge is -2.25. The fourth-order valence-corrected chi connectivity index (χ4v) is 2.90.